The standard InChI is InChI=1S/C21H23F4IN4O2S/c22-15-10-12(26)4-5-17(15)28-21-18(11-16(23)19(24)20(21)25)29-33(31,32)30-8-6-14(7-9-30)27-13-2-1-3-13/h4-5,10-11,13-14,27-29H,1-3,6-9H2. The average Bonchev–Trinajstić information content (AvgIpc) is 2.73. The third-order valence-corrected chi connectivity index (χ3v) is 8.16. The van der Waals surface area contributed by atoms with Crippen LogP contribution in [0.15, 0.2) is 24.3 Å². The van der Waals surface area contributed by atoms with E-state index in [2.05, 4.69) is 15.4 Å². The Bertz CT molecular complexity index is 1140. The maximum atomic E-state index is 14.6. The quantitative estimate of drug-likeness (QED) is 0.242. The molecular weight excluding hydrogens is 575 g/mol. The van der Waals surface area contributed by atoms with Crippen LogP contribution in [-0.2, 0) is 10.2 Å². The van der Waals surface area contributed by atoms with E-state index in [9.17, 15) is 26.0 Å². The van der Waals surface area contributed by atoms with Crippen LogP contribution in [-0.4, -0.2) is 37.9 Å². The van der Waals surface area contributed by atoms with Gasteiger partial charge in [-0.05, 0) is 66.5 Å². The molecular formula is C21H23F4IN4O2S. The highest BCUT2D eigenvalue weighted by Gasteiger charge is 2.31. The van der Waals surface area contributed by atoms with Crippen LogP contribution in [0.25, 0.3) is 0 Å². The van der Waals surface area contributed by atoms with E-state index in [4.69, 9.17) is 0 Å². The molecule has 0 spiro atoms. The van der Waals surface area contributed by atoms with Crippen molar-refractivity contribution in [3.63, 3.8) is 0 Å². The molecule has 1 saturated carbocycles. The first-order valence-electron chi connectivity index (χ1n) is 10.6. The highest BCUT2D eigenvalue weighted by molar-refractivity contribution is 14.1. The zero-order valence-corrected chi connectivity index (χ0v) is 20.4. The molecule has 1 aliphatic carbocycles. The molecule has 4 rings (SSSR count). The molecule has 1 aliphatic heterocycles. The fourth-order valence-electron chi connectivity index (χ4n) is 3.90. The van der Waals surface area contributed by atoms with Gasteiger partial charge in [-0.25, -0.2) is 17.6 Å². The summed E-state index contributed by atoms with van der Waals surface area (Å²) in [7, 11) is -4.19. The third-order valence-electron chi connectivity index (χ3n) is 5.96. The van der Waals surface area contributed by atoms with E-state index < -0.39 is 44.9 Å². The van der Waals surface area contributed by atoms with E-state index in [1.807, 2.05) is 22.6 Å². The van der Waals surface area contributed by atoms with Crippen molar-refractivity contribution in [2.45, 2.75) is 44.2 Å². The lowest BCUT2D eigenvalue weighted by molar-refractivity contribution is 0.237. The van der Waals surface area contributed by atoms with Crippen LogP contribution in [0.2, 0.25) is 0 Å². The van der Waals surface area contributed by atoms with Crippen molar-refractivity contribution in [1.29, 1.82) is 0 Å². The van der Waals surface area contributed by atoms with Crippen molar-refractivity contribution in [3.05, 3.63) is 51.1 Å². The number of hydrogen-bond donors (Lipinski definition) is 3. The van der Waals surface area contributed by atoms with Crippen LogP contribution in [0.4, 0.5) is 34.6 Å². The first-order chi connectivity index (χ1) is 15.6. The Morgan fingerprint density at radius 2 is 1.55 bits per heavy atom. The van der Waals surface area contributed by atoms with Gasteiger partial charge in [0.15, 0.2) is 17.5 Å². The summed E-state index contributed by atoms with van der Waals surface area (Å²) < 4.78 is 86.5. The molecule has 1 heterocycles. The summed E-state index contributed by atoms with van der Waals surface area (Å²) in [5, 5.41) is 5.87. The minimum Gasteiger partial charge on any atom is -0.349 e. The average molecular weight is 598 g/mol. The van der Waals surface area contributed by atoms with Gasteiger partial charge in [0, 0.05) is 34.8 Å². The second-order valence-electron chi connectivity index (χ2n) is 8.23. The van der Waals surface area contributed by atoms with Gasteiger partial charge in [-0.15, -0.1) is 0 Å². The number of rotatable bonds is 7. The van der Waals surface area contributed by atoms with E-state index in [0.717, 1.165) is 18.9 Å². The summed E-state index contributed by atoms with van der Waals surface area (Å²) in [4.78, 5) is 0. The Balaban J connectivity index is 1.54. The normalized spacial score (nSPS) is 18.2. The van der Waals surface area contributed by atoms with Crippen LogP contribution in [0.1, 0.15) is 32.1 Å². The highest BCUT2D eigenvalue weighted by atomic mass is 127. The second kappa shape index (κ2) is 9.92. The largest absolute Gasteiger partial charge is 0.349 e. The molecule has 180 valence electrons. The predicted octanol–water partition coefficient (Wildman–Crippen LogP) is 4.85. The van der Waals surface area contributed by atoms with Crippen molar-refractivity contribution in [3.8, 4) is 0 Å². The van der Waals surface area contributed by atoms with Gasteiger partial charge in [-0.2, -0.15) is 12.7 Å². The minimum atomic E-state index is -4.19. The van der Waals surface area contributed by atoms with Gasteiger partial charge in [-0.3, -0.25) is 4.72 Å². The van der Waals surface area contributed by atoms with Crippen LogP contribution >= 0.6 is 22.6 Å². The summed E-state index contributed by atoms with van der Waals surface area (Å²) in [6, 6.07) is 5.20. The molecule has 3 N–H and O–H groups in total. The smallest absolute Gasteiger partial charge is 0.301 e. The molecule has 0 amide bonds. The van der Waals surface area contributed by atoms with Gasteiger partial charge in [0.2, 0.25) is 0 Å². The van der Waals surface area contributed by atoms with Gasteiger partial charge >= 0.3 is 10.2 Å². The van der Waals surface area contributed by atoms with E-state index in [1.54, 1.807) is 0 Å². The number of hydrogen-bond acceptors (Lipinski definition) is 4. The summed E-state index contributed by atoms with van der Waals surface area (Å²) in [6.07, 6.45) is 4.64. The molecule has 33 heavy (non-hydrogen) atoms. The first kappa shape index (κ1) is 24.5. The van der Waals surface area contributed by atoms with E-state index in [1.165, 1.54) is 22.9 Å². The van der Waals surface area contributed by atoms with Gasteiger partial charge < -0.3 is 10.6 Å². The molecule has 0 aromatic heterocycles. The molecule has 2 aromatic rings. The van der Waals surface area contributed by atoms with Crippen LogP contribution in [0.5, 0.6) is 0 Å². The zero-order chi connectivity index (χ0) is 23.8. The lowest BCUT2D eigenvalue weighted by atomic mass is 9.91. The molecule has 0 atom stereocenters. The molecule has 0 radical (unpaired) electrons. The summed E-state index contributed by atoms with van der Waals surface area (Å²) in [6.45, 7) is 0.445. The number of piperidine rings is 1. The van der Waals surface area contributed by atoms with Crippen molar-refractivity contribution in [2.24, 2.45) is 0 Å². The van der Waals surface area contributed by atoms with Gasteiger partial charge in [0.05, 0.1) is 11.4 Å². The molecule has 12 heteroatoms. The summed E-state index contributed by atoms with van der Waals surface area (Å²) in [5.74, 6) is -5.79. The van der Waals surface area contributed by atoms with Crippen LogP contribution in [0.3, 0.4) is 0 Å². The maximum absolute atomic E-state index is 14.6. The summed E-state index contributed by atoms with van der Waals surface area (Å²) >= 11 is 1.88. The monoisotopic (exact) mass is 598 g/mol. The second-order valence-corrected chi connectivity index (χ2v) is 11.1. The maximum Gasteiger partial charge on any atom is 0.301 e. The van der Waals surface area contributed by atoms with E-state index in [-0.39, 0.29) is 24.8 Å². The molecule has 1 saturated heterocycles. The van der Waals surface area contributed by atoms with Crippen molar-refractivity contribution >= 4 is 49.9 Å². The Kier molecular flexibility index (Phi) is 7.36. The molecule has 2 aromatic carbocycles. The minimum absolute atomic E-state index is 0.212. The van der Waals surface area contributed by atoms with E-state index >= 15 is 0 Å². The topological polar surface area (TPSA) is 73.5 Å². The Labute approximate surface area is 203 Å². The lowest BCUT2D eigenvalue weighted by Crippen LogP contribution is -2.50. The summed E-state index contributed by atoms with van der Waals surface area (Å²) in [5.41, 5.74) is -1.48. The Morgan fingerprint density at radius 3 is 2.15 bits per heavy atom. The Hall–Kier alpha value is -1.64. The van der Waals surface area contributed by atoms with Gasteiger partial charge in [-0.1, -0.05) is 6.42 Å². The zero-order valence-electron chi connectivity index (χ0n) is 17.5. The lowest BCUT2D eigenvalue weighted by Gasteiger charge is -2.36. The van der Waals surface area contributed by atoms with Crippen LogP contribution in [0, 0.1) is 26.8 Å². The highest BCUT2D eigenvalue weighted by Crippen LogP contribution is 2.34. The number of nitrogens with zero attached hydrogens (tertiary/aromatic N) is 1. The fourth-order valence-corrected chi connectivity index (χ4v) is 5.61. The Morgan fingerprint density at radius 1 is 0.879 bits per heavy atom. The molecule has 2 fully saturated rings. The molecule has 0 unspecified atom stereocenters. The number of halogens is 5. The number of anilines is 3. The van der Waals surface area contributed by atoms with Gasteiger partial charge in [0.25, 0.3) is 0 Å². The molecule has 2 aliphatic rings. The number of nitrogens with one attached hydrogen (secondary N) is 3. The first-order valence-corrected chi connectivity index (χ1v) is 13.1. The molecule has 0 bridgehead atoms. The van der Waals surface area contributed by atoms with E-state index in [0.29, 0.717) is 28.5 Å². The predicted molar refractivity (Wildman–Crippen MR) is 127 cm³/mol. The van der Waals surface area contributed by atoms with Crippen LogP contribution < -0.4 is 15.4 Å². The van der Waals surface area contributed by atoms with Gasteiger partial charge in [0.1, 0.15) is 11.5 Å². The number of benzene rings is 2. The van der Waals surface area contributed by atoms with Crippen molar-refractivity contribution in [2.75, 3.05) is 23.1 Å². The van der Waals surface area contributed by atoms with Crippen molar-refractivity contribution in [1.82, 2.24) is 9.62 Å². The third kappa shape index (κ3) is 5.54. The SMILES string of the molecule is O=S(=O)(Nc1cc(F)c(F)c(F)c1Nc1ccc(I)cc1F)N1CCC(NC2CCC2)CC1. The fraction of sp³-hybridized carbons (Fsp3) is 0.429. The molecule has 6 nitrogen and oxygen atoms in total. The van der Waals surface area contributed by atoms with Crippen molar-refractivity contribution < 1.29 is 26.0 Å².